The highest BCUT2D eigenvalue weighted by Crippen LogP contribution is 2.30. The SMILES string of the molecule is FC(F)(F)CCCN1CCNCC1C1CCCCC1. The number of rotatable bonds is 4. The molecule has 0 aromatic carbocycles. The number of nitrogens with one attached hydrogen (secondary N) is 1. The molecule has 1 saturated heterocycles. The van der Waals surface area contributed by atoms with Crippen molar-refractivity contribution in [2.24, 2.45) is 5.92 Å². The summed E-state index contributed by atoms with van der Waals surface area (Å²) in [5, 5.41) is 3.40. The first kappa shape index (κ1) is 15.1. The Morgan fingerprint density at radius 3 is 2.53 bits per heavy atom. The van der Waals surface area contributed by atoms with E-state index in [0.717, 1.165) is 19.6 Å². The molecule has 2 fully saturated rings. The van der Waals surface area contributed by atoms with Gasteiger partial charge in [0, 0.05) is 32.1 Å². The van der Waals surface area contributed by atoms with Gasteiger partial charge in [0.15, 0.2) is 0 Å². The van der Waals surface area contributed by atoms with E-state index in [0.29, 0.717) is 18.5 Å². The molecule has 0 aromatic rings. The predicted molar refractivity (Wildman–Crippen MR) is 70.1 cm³/mol. The zero-order chi connectivity index (χ0) is 13.7. The van der Waals surface area contributed by atoms with Crippen molar-refractivity contribution in [2.75, 3.05) is 26.2 Å². The molecular formula is C14H25F3N2. The van der Waals surface area contributed by atoms with Gasteiger partial charge in [-0.2, -0.15) is 13.2 Å². The smallest absolute Gasteiger partial charge is 0.314 e. The van der Waals surface area contributed by atoms with E-state index in [-0.39, 0.29) is 6.42 Å². The van der Waals surface area contributed by atoms with Gasteiger partial charge in [-0.1, -0.05) is 19.3 Å². The van der Waals surface area contributed by atoms with E-state index < -0.39 is 12.6 Å². The molecule has 1 N–H and O–H groups in total. The van der Waals surface area contributed by atoms with Crippen molar-refractivity contribution in [3.05, 3.63) is 0 Å². The quantitative estimate of drug-likeness (QED) is 0.849. The molecule has 1 heterocycles. The Labute approximate surface area is 113 Å². The summed E-state index contributed by atoms with van der Waals surface area (Å²) < 4.78 is 36.7. The van der Waals surface area contributed by atoms with Crippen molar-refractivity contribution < 1.29 is 13.2 Å². The maximum atomic E-state index is 12.2. The number of alkyl halides is 3. The van der Waals surface area contributed by atoms with Crippen molar-refractivity contribution in [3.63, 3.8) is 0 Å². The third kappa shape index (κ3) is 4.95. The normalized spacial score (nSPS) is 27.6. The van der Waals surface area contributed by atoms with Crippen LogP contribution in [0.15, 0.2) is 0 Å². The van der Waals surface area contributed by atoms with Gasteiger partial charge in [-0.15, -0.1) is 0 Å². The Morgan fingerprint density at radius 2 is 1.84 bits per heavy atom. The predicted octanol–water partition coefficient (Wildman–Crippen LogP) is 3.18. The lowest BCUT2D eigenvalue weighted by Crippen LogP contribution is -2.55. The van der Waals surface area contributed by atoms with Crippen LogP contribution in [-0.4, -0.2) is 43.3 Å². The Hall–Kier alpha value is -0.290. The fourth-order valence-corrected chi connectivity index (χ4v) is 3.51. The molecular weight excluding hydrogens is 253 g/mol. The highest BCUT2D eigenvalue weighted by Gasteiger charge is 2.32. The summed E-state index contributed by atoms with van der Waals surface area (Å²) in [6, 6.07) is 0.460. The van der Waals surface area contributed by atoms with Crippen molar-refractivity contribution in [3.8, 4) is 0 Å². The van der Waals surface area contributed by atoms with Gasteiger partial charge in [-0.3, -0.25) is 4.90 Å². The lowest BCUT2D eigenvalue weighted by atomic mass is 9.82. The third-order valence-electron chi connectivity index (χ3n) is 4.50. The lowest BCUT2D eigenvalue weighted by molar-refractivity contribution is -0.136. The van der Waals surface area contributed by atoms with E-state index in [1.807, 2.05) is 0 Å². The molecule has 1 aliphatic carbocycles. The second kappa shape index (κ2) is 6.93. The highest BCUT2D eigenvalue weighted by atomic mass is 19.4. The molecule has 2 rings (SSSR count). The minimum Gasteiger partial charge on any atom is -0.314 e. The topological polar surface area (TPSA) is 15.3 Å². The monoisotopic (exact) mass is 278 g/mol. The number of piperazine rings is 1. The molecule has 0 aromatic heterocycles. The molecule has 0 radical (unpaired) electrons. The standard InChI is InChI=1S/C14H25F3N2/c15-14(16,17)7-4-9-19-10-8-18-11-13(19)12-5-2-1-3-6-12/h12-13,18H,1-11H2. The minimum atomic E-state index is -4.01. The minimum absolute atomic E-state index is 0.243. The summed E-state index contributed by atoms with van der Waals surface area (Å²) in [5.41, 5.74) is 0. The van der Waals surface area contributed by atoms with Crippen LogP contribution < -0.4 is 5.32 Å². The van der Waals surface area contributed by atoms with Crippen LogP contribution in [0.5, 0.6) is 0 Å². The van der Waals surface area contributed by atoms with Gasteiger partial charge < -0.3 is 5.32 Å². The third-order valence-corrected chi connectivity index (χ3v) is 4.50. The molecule has 0 bridgehead atoms. The Bertz CT molecular complexity index is 262. The van der Waals surface area contributed by atoms with Gasteiger partial charge in [-0.05, 0) is 31.7 Å². The molecule has 2 nitrogen and oxygen atoms in total. The number of hydrogen-bond donors (Lipinski definition) is 1. The number of halogens is 3. The first-order chi connectivity index (χ1) is 9.06. The molecule has 19 heavy (non-hydrogen) atoms. The number of hydrogen-bond acceptors (Lipinski definition) is 2. The van der Waals surface area contributed by atoms with Gasteiger partial charge in [0.05, 0.1) is 0 Å². The van der Waals surface area contributed by atoms with E-state index in [1.54, 1.807) is 0 Å². The Balaban J connectivity index is 1.81. The van der Waals surface area contributed by atoms with Crippen molar-refractivity contribution in [1.82, 2.24) is 10.2 Å². The van der Waals surface area contributed by atoms with E-state index in [4.69, 9.17) is 0 Å². The van der Waals surface area contributed by atoms with Crippen molar-refractivity contribution in [2.45, 2.75) is 57.2 Å². The van der Waals surface area contributed by atoms with Crippen LogP contribution in [-0.2, 0) is 0 Å². The molecule has 0 amide bonds. The molecule has 1 saturated carbocycles. The Kier molecular flexibility index (Phi) is 5.51. The van der Waals surface area contributed by atoms with Crippen molar-refractivity contribution in [1.29, 1.82) is 0 Å². The molecule has 1 aliphatic heterocycles. The summed E-state index contributed by atoms with van der Waals surface area (Å²) in [4.78, 5) is 2.30. The van der Waals surface area contributed by atoms with Gasteiger partial charge in [0.2, 0.25) is 0 Å². The van der Waals surface area contributed by atoms with E-state index in [2.05, 4.69) is 10.2 Å². The Morgan fingerprint density at radius 1 is 1.11 bits per heavy atom. The molecule has 1 unspecified atom stereocenters. The summed E-state index contributed by atoms with van der Waals surface area (Å²) in [7, 11) is 0. The van der Waals surface area contributed by atoms with Crippen LogP contribution in [0.1, 0.15) is 44.9 Å². The highest BCUT2D eigenvalue weighted by molar-refractivity contribution is 4.87. The van der Waals surface area contributed by atoms with Crippen LogP contribution in [0.25, 0.3) is 0 Å². The zero-order valence-electron chi connectivity index (χ0n) is 11.5. The van der Waals surface area contributed by atoms with Crippen LogP contribution >= 0.6 is 0 Å². The van der Waals surface area contributed by atoms with Gasteiger partial charge in [-0.25, -0.2) is 0 Å². The maximum Gasteiger partial charge on any atom is 0.389 e. The van der Waals surface area contributed by atoms with Gasteiger partial charge >= 0.3 is 6.18 Å². The first-order valence-corrected chi connectivity index (χ1v) is 7.58. The van der Waals surface area contributed by atoms with E-state index in [1.165, 1.54) is 32.1 Å². The van der Waals surface area contributed by atoms with Gasteiger partial charge in [0.25, 0.3) is 0 Å². The molecule has 2 aliphatic rings. The second-order valence-electron chi connectivity index (χ2n) is 5.92. The zero-order valence-corrected chi connectivity index (χ0v) is 11.5. The second-order valence-corrected chi connectivity index (χ2v) is 5.92. The lowest BCUT2D eigenvalue weighted by Gasteiger charge is -2.42. The summed E-state index contributed by atoms with van der Waals surface area (Å²) in [5.74, 6) is 0.687. The number of nitrogens with zero attached hydrogens (tertiary/aromatic N) is 1. The summed E-state index contributed by atoms with van der Waals surface area (Å²) in [6.07, 6.45) is 2.00. The molecule has 0 spiro atoms. The summed E-state index contributed by atoms with van der Waals surface area (Å²) >= 11 is 0. The van der Waals surface area contributed by atoms with Gasteiger partial charge in [0.1, 0.15) is 0 Å². The molecule has 112 valence electrons. The fourth-order valence-electron chi connectivity index (χ4n) is 3.51. The van der Waals surface area contributed by atoms with Crippen LogP contribution in [0.2, 0.25) is 0 Å². The first-order valence-electron chi connectivity index (χ1n) is 7.58. The van der Waals surface area contributed by atoms with E-state index in [9.17, 15) is 13.2 Å². The van der Waals surface area contributed by atoms with Crippen molar-refractivity contribution >= 4 is 0 Å². The largest absolute Gasteiger partial charge is 0.389 e. The average molecular weight is 278 g/mol. The fraction of sp³-hybridized carbons (Fsp3) is 1.00. The molecule has 5 heteroatoms. The average Bonchev–Trinajstić information content (AvgIpc) is 2.39. The van der Waals surface area contributed by atoms with Crippen LogP contribution in [0.4, 0.5) is 13.2 Å². The summed E-state index contributed by atoms with van der Waals surface area (Å²) in [6.45, 7) is 3.37. The van der Waals surface area contributed by atoms with Crippen LogP contribution in [0, 0.1) is 5.92 Å². The maximum absolute atomic E-state index is 12.2. The van der Waals surface area contributed by atoms with E-state index >= 15 is 0 Å². The van der Waals surface area contributed by atoms with Crippen LogP contribution in [0.3, 0.4) is 0 Å². The molecule has 1 atom stereocenters.